The summed E-state index contributed by atoms with van der Waals surface area (Å²) in [4.78, 5) is 15.6. The van der Waals surface area contributed by atoms with Crippen molar-refractivity contribution in [2.75, 3.05) is 5.73 Å². The highest BCUT2D eigenvalue weighted by molar-refractivity contribution is 5.94. The number of nitrogens with one attached hydrogen (secondary N) is 1. The molecule has 0 radical (unpaired) electrons. The highest BCUT2D eigenvalue weighted by Crippen LogP contribution is 2.30. The monoisotopic (exact) mass is 251 g/mol. The number of aromatic amines is 1. The number of hydrogen-bond donors (Lipinski definition) is 2. The molecular formula is C13H9N5O. The standard InChI is InChI=1S/C13H9N5O/c14-11-10-13(16-6-15-11)18-12(17-10)8-5-19-9-4-2-1-3-7(8)9/h1-6H,(H3,14,15,16,17,18). The molecule has 0 atom stereocenters. The summed E-state index contributed by atoms with van der Waals surface area (Å²) in [5, 5.41) is 0.994. The summed E-state index contributed by atoms with van der Waals surface area (Å²) in [5.41, 5.74) is 8.68. The minimum absolute atomic E-state index is 0.386. The molecule has 0 unspecified atom stereocenters. The van der Waals surface area contributed by atoms with E-state index in [1.165, 1.54) is 6.33 Å². The van der Waals surface area contributed by atoms with Gasteiger partial charge in [-0.1, -0.05) is 18.2 Å². The molecule has 3 N–H and O–H groups in total. The van der Waals surface area contributed by atoms with Gasteiger partial charge >= 0.3 is 0 Å². The van der Waals surface area contributed by atoms with E-state index in [4.69, 9.17) is 10.2 Å². The van der Waals surface area contributed by atoms with E-state index in [0.717, 1.165) is 16.5 Å². The molecule has 4 aromatic rings. The third-order valence-electron chi connectivity index (χ3n) is 3.05. The fourth-order valence-electron chi connectivity index (χ4n) is 2.14. The third-order valence-corrected chi connectivity index (χ3v) is 3.05. The highest BCUT2D eigenvalue weighted by atomic mass is 16.3. The summed E-state index contributed by atoms with van der Waals surface area (Å²) in [6, 6.07) is 7.78. The van der Waals surface area contributed by atoms with Crippen molar-refractivity contribution >= 4 is 28.0 Å². The van der Waals surface area contributed by atoms with Crippen molar-refractivity contribution in [2.24, 2.45) is 0 Å². The number of aromatic nitrogens is 4. The lowest BCUT2D eigenvalue weighted by Crippen LogP contribution is -1.91. The predicted octanol–water partition coefficient (Wildman–Crippen LogP) is 2.35. The molecule has 0 amide bonds. The first-order valence-electron chi connectivity index (χ1n) is 5.76. The Bertz CT molecular complexity index is 892. The van der Waals surface area contributed by atoms with Crippen LogP contribution in [0.4, 0.5) is 5.82 Å². The second-order valence-electron chi connectivity index (χ2n) is 4.19. The van der Waals surface area contributed by atoms with Crippen molar-refractivity contribution in [3.63, 3.8) is 0 Å². The van der Waals surface area contributed by atoms with E-state index < -0.39 is 0 Å². The quantitative estimate of drug-likeness (QED) is 0.541. The van der Waals surface area contributed by atoms with E-state index in [1.807, 2.05) is 24.3 Å². The van der Waals surface area contributed by atoms with Crippen molar-refractivity contribution in [3.05, 3.63) is 36.9 Å². The van der Waals surface area contributed by atoms with E-state index in [0.29, 0.717) is 22.8 Å². The lowest BCUT2D eigenvalue weighted by molar-refractivity contribution is 0.616. The van der Waals surface area contributed by atoms with Crippen LogP contribution in [0.5, 0.6) is 0 Å². The molecular weight excluding hydrogens is 242 g/mol. The fraction of sp³-hybridized carbons (Fsp3) is 0. The minimum atomic E-state index is 0.386. The Morgan fingerprint density at radius 1 is 1.16 bits per heavy atom. The molecule has 3 aromatic heterocycles. The molecule has 19 heavy (non-hydrogen) atoms. The summed E-state index contributed by atoms with van der Waals surface area (Å²) in [5.74, 6) is 1.06. The number of rotatable bonds is 1. The number of nitrogens with zero attached hydrogens (tertiary/aromatic N) is 3. The molecule has 0 aliphatic heterocycles. The molecule has 0 aliphatic carbocycles. The molecule has 0 saturated carbocycles. The molecule has 0 spiro atoms. The maximum absolute atomic E-state index is 5.79. The Labute approximate surface area is 107 Å². The summed E-state index contributed by atoms with van der Waals surface area (Å²) in [7, 11) is 0. The topological polar surface area (TPSA) is 93.6 Å². The fourth-order valence-corrected chi connectivity index (χ4v) is 2.14. The molecule has 92 valence electrons. The van der Waals surface area contributed by atoms with Gasteiger partial charge in [0.15, 0.2) is 11.5 Å². The van der Waals surface area contributed by atoms with E-state index >= 15 is 0 Å². The molecule has 0 fully saturated rings. The molecule has 0 bridgehead atoms. The molecule has 3 heterocycles. The average molecular weight is 251 g/mol. The van der Waals surface area contributed by atoms with Gasteiger partial charge in [-0.05, 0) is 6.07 Å². The number of furan rings is 1. The van der Waals surface area contributed by atoms with E-state index in [-0.39, 0.29) is 0 Å². The van der Waals surface area contributed by atoms with Crippen LogP contribution in [0, 0.1) is 0 Å². The number of para-hydroxylation sites is 1. The number of nitrogens with two attached hydrogens (primary N) is 1. The number of fused-ring (bicyclic) bond motifs is 2. The summed E-state index contributed by atoms with van der Waals surface area (Å²) >= 11 is 0. The van der Waals surface area contributed by atoms with Gasteiger partial charge in [0, 0.05) is 5.39 Å². The normalized spacial score (nSPS) is 11.4. The Morgan fingerprint density at radius 2 is 2.05 bits per heavy atom. The van der Waals surface area contributed by atoms with Crippen LogP contribution in [0.1, 0.15) is 0 Å². The lowest BCUT2D eigenvalue weighted by atomic mass is 10.2. The first kappa shape index (κ1) is 10.1. The highest BCUT2D eigenvalue weighted by Gasteiger charge is 2.13. The van der Waals surface area contributed by atoms with Crippen LogP contribution >= 0.6 is 0 Å². The number of imidazole rings is 1. The zero-order chi connectivity index (χ0) is 12.8. The van der Waals surface area contributed by atoms with Crippen LogP contribution in [0.25, 0.3) is 33.5 Å². The van der Waals surface area contributed by atoms with Gasteiger partial charge in [0.05, 0.1) is 5.56 Å². The van der Waals surface area contributed by atoms with Gasteiger partial charge < -0.3 is 15.1 Å². The van der Waals surface area contributed by atoms with Crippen LogP contribution in [-0.2, 0) is 0 Å². The van der Waals surface area contributed by atoms with Crippen LogP contribution in [-0.4, -0.2) is 19.9 Å². The van der Waals surface area contributed by atoms with E-state index in [9.17, 15) is 0 Å². The summed E-state index contributed by atoms with van der Waals surface area (Å²) < 4.78 is 5.50. The molecule has 4 rings (SSSR count). The Hall–Kier alpha value is -2.89. The zero-order valence-electron chi connectivity index (χ0n) is 9.79. The van der Waals surface area contributed by atoms with Gasteiger partial charge in [-0.25, -0.2) is 15.0 Å². The first-order valence-corrected chi connectivity index (χ1v) is 5.76. The van der Waals surface area contributed by atoms with Crippen molar-refractivity contribution < 1.29 is 4.42 Å². The number of hydrogen-bond acceptors (Lipinski definition) is 5. The number of nitrogen functional groups attached to an aromatic ring is 1. The van der Waals surface area contributed by atoms with E-state index in [1.54, 1.807) is 6.26 Å². The molecule has 0 aliphatic rings. The van der Waals surface area contributed by atoms with Gasteiger partial charge in [-0.15, -0.1) is 0 Å². The molecule has 6 nitrogen and oxygen atoms in total. The maximum atomic E-state index is 5.79. The van der Waals surface area contributed by atoms with Crippen LogP contribution in [0.2, 0.25) is 0 Å². The van der Waals surface area contributed by atoms with Gasteiger partial charge in [0.1, 0.15) is 29.5 Å². The third kappa shape index (κ3) is 1.40. The van der Waals surface area contributed by atoms with Gasteiger partial charge in [-0.3, -0.25) is 0 Å². The average Bonchev–Trinajstić information content (AvgIpc) is 3.02. The van der Waals surface area contributed by atoms with Crippen LogP contribution in [0.3, 0.4) is 0 Å². The van der Waals surface area contributed by atoms with Crippen molar-refractivity contribution in [1.29, 1.82) is 0 Å². The second-order valence-corrected chi connectivity index (χ2v) is 4.19. The predicted molar refractivity (Wildman–Crippen MR) is 71.3 cm³/mol. The second kappa shape index (κ2) is 3.55. The van der Waals surface area contributed by atoms with Crippen LogP contribution in [0.15, 0.2) is 41.3 Å². The van der Waals surface area contributed by atoms with Crippen molar-refractivity contribution in [3.8, 4) is 11.4 Å². The maximum Gasteiger partial charge on any atom is 0.183 e. The van der Waals surface area contributed by atoms with Gasteiger partial charge in [0.25, 0.3) is 0 Å². The SMILES string of the molecule is Nc1ncnc2nc(-c3coc4ccccc34)[nH]c12. The summed E-state index contributed by atoms with van der Waals surface area (Å²) in [6.45, 7) is 0. The molecule has 6 heteroatoms. The largest absolute Gasteiger partial charge is 0.464 e. The Kier molecular flexibility index (Phi) is 1.88. The van der Waals surface area contributed by atoms with Crippen LogP contribution < -0.4 is 5.73 Å². The number of anilines is 1. The Morgan fingerprint density at radius 3 is 2.95 bits per heavy atom. The number of H-pyrrole nitrogens is 1. The molecule has 1 aromatic carbocycles. The minimum Gasteiger partial charge on any atom is -0.464 e. The van der Waals surface area contributed by atoms with Crippen molar-refractivity contribution in [1.82, 2.24) is 19.9 Å². The van der Waals surface area contributed by atoms with E-state index in [2.05, 4.69) is 19.9 Å². The van der Waals surface area contributed by atoms with Gasteiger partial charge in [0.2, 0.25) is 0 Å². The van der Waals surface area contributed by atoms with Crippen molar-refractivity contribution in [2.45, 2.75) is 0 Å². The smallest absolute Gasteiger partial charge is 0.183 e. The summed E-state index contributed by atoms with van der Waals surface area (Å²) in [6.07, 6.45) is 3.07. The molecule has 0 saturated heterocycles. The zero-order valence-corrected chi connectivity index (χ0v) is 9.79. The first-order chi connectivity index (χ1) is 9.33. The Balaban J connectivity index is 2.02. The number of benzene rings is 1. The van der Waals surface area contributed by atoms with Gasteiger partial charge in [-0.2, -0.15) is 0 Å². The lowest BCUT2D eigenvalue weighted by Gasteiger charge is -1.92.